The Balaban J connectivity index is 3.69. The molecule has 2 nitrogen and oxygen atoms in total. The first-order valence-corrected chi connectivity index (χ1v) is 6.09. The van der Waals surface area contributed by atoms with Crippen LogP contribution in [0, 0.1) is 11.8 Å². The van der Waals surface area contributed by atoms with Crippen LogP contribution < -0.4 is 5.73 Å². The van der Waals surface area contributed by atoms with Crippen LogP contribution in [0.4, 0.5) is 0 Å². The van der Waals surface area contributed by atoms with Gasteiger partial charge in [-0.15, -0.1) is 6.58 Å². The predicted octanol–water partition coefficient (Wildman–Crippen LogP) is 2.51. The molecule has 0 aromatic carbocycles. The number of nitrogens with two attached hydrogens (primary N) is 1. The maximum Gasteiger partial charge on any atom is 0.00188 e. The van der Waals surface area contributed by atoms with E-state index >= 15 is 0 Å². The molecule has 0 saturated carbocycles. The Morgan fingerprint density at radius 3 is 2.53 bits per heavy atom. The van der Waals surface area contributed by atoms with Gasteiger partial charge in [0.25, 0.3) is 0 Å². The summed E-state index contributed by atoms with van der Waals surface area (Å²) in [5, 5.41) is 0. The lowest BCUT2D eigenvalue weighted by Gasteiger charge is -2.24. The summed E-state index contributed by atoms with van der Waals surface area (Å²) in [5.74, 6) is 1.40. The molecule has 0 aliphatic carbocycles. The van der Waals surface area contributed by atoms with E-state index in [4.69, 9.17) is 5.73 Å². The molecule has 2 N–H and O–H groups in total. The minimum atomic E-state index is 0.652. The first-order valence-electron chi connectivity index (χ1n) is 6.09. The second-order valence-corrected chi connectivity index (χ2v) is 4.92. The molecule has 0 bridgehead atoms. The topological polar surface area (TPSA) is 29.3 Å². The first-order chi connectivity index (χ1) is 7.10. The van der Waals surface area contributed by atoms with Gasteiger partial charge in [0.2, 0.25) is 0 Å². The Hall–Kier alpha value is -0.340. The van der Waals surface area contributed by atoms with E-state index in [1.807, 2.05) is 6.08 Å². The van der Waals surface area contributed by atoms with Crippen LogP contribution in [-0.2, 0) is 0 Å². The van der Waals surface area contributed by atoms with E-state index in [-0.39, 0.29) is 0 Å². The quantitative estimate of drug-likeness (QED) is 0.470. The van der Waals surface area contributed by atoms with Gasteiger partial charge in [0.15, 0.2) is 0 Å². The van der Waals surface area contributed by atoms with E-state index in [2.05, 4.69) is 32.4 Å². The summed E-state index contributed by atoms with van der Waals surface area (Å²) in [6.07, 6.45) is 5.55. The summed E-state index contributed by atoms with van der Waals surface area (Å²) in [6, 6.07) is 0. The number of allylic oxidation sites excluding steroid dienone is 1. The van der Waals surface area contributed by atoms with E-state index in [1.165, 1.54) is 12.8 Å². The van der Waals surface area contributed by atoms with Crippen molar-refractivity contribution >= 4 is 0 Å². The zero-order chi connectivity index (χ0) is 11.7. The van der Waals surface area contributed by atoms with Crippen molar-refractivity contribution in [3.05, 3.63) is 12.7 Å². The standard InChI is InChI=1S/C13H28N2/c1-5-6-7-8-15(4)11-13(10-14)9-12(2)3/h5,12-13H,1,6-11,14H2,2-4H3. The van der Waals surface area contributed by atoms with Gasteiger partial charge in [-0.2, -0.15) is 0 Å². The lowest BCUT2D eigenvalue weighted by Crippen LogP contribution is -2.31. The number of unbranched alkanes of at least 4 members (excludes halogenated alkanes) is 1. The Kier molecular flexibility index (Phi) is 8.73. The van der Waals surface area contributed by atoms with E-state index in [9.17, 15) is 0 Å². The second kappa shape index (κ2) is 8.93. The van der Waals surface area contributed by atoms with Gasteiger partial charge in [0.05, 0.1) is 0 Å². The maximum absolute atomic E-state index is 5.78. The van der Waals surface area contributed by atoms with Crippen molar-refractivity contribution in [2.75, 3.05) is 26.7 Å². The molecule has 15 heavy (non-hydrogen) atoms. The first kappa shape index (κ1) is 14.7. The van der Waals surface area contributed by atoms with Gasteiger partial charge >= 0.3 is 0 Å². The molecule has 0 heterocycles. The fourth-order valence-corrected chi connectivity index (χ4v) is 1.95. The molecule has 0 aromatic rings. The van der Waals surface area contributed by atoms with Crippen molar-refractivity contribution in [1.29, 1.82) is 0 Å². The summed E-state index contributed by atoms with van der Waals surface area (Å²) in [7, 11) is 2.19. The lowest BCUT2D eigenvalue weighted by molar-refractivity contribution is 0.254. The van der Waals surface area contributed by atoms with Gasteiger partial charge in [-0.25, -0.2) is 0 Å². The van der Waals surface area contributed by atoms with Crippen molar-refractivity contribution in [3.63, 3.8) is 0 Å². The summed E-state index contributed by atoms with van der Waals surface area (Å²) in [5.41, 5.74) is 5.78. The zero-order valence-electron chi connectivity index (χ0n) is 10.7. The van der Waals surface area contributed by atoms with Gasteiger partial charge in [0.1, 0.15) is 0 Å². The lowest BCUT2D eigenvalue weighted by atomic mass is 9.97. The van der Waals surface area contributed by atoms with Gasteiger partial charge < -0.3 is 10.6 Å². The molecular formula is C13H28N2. The third-order valence-corrected chi connectivity index (χ3v) is 2.66. The van der Waals surface area contributed by atoms with Gasteiger partial charge in [0, 0.05) is 6.54 Å². The average molecular weight is 212 g/mol. The largest absolute Gasteiger partial charge is 0.330 e. The van der Waals surface area contributed by atoms with Crippen molar-refractivity contribution in [1.82, 2.24) is 4.90 Å². The highest BCUT2D eigenvalue weighted by Gasteiger charge is 2.11. The molecule has 0 saturated heterocycles. The third-order valence-electron chi connectivity index (χ3n) is 2.66. The highest BCUT2D eigenvalue weighted by atomic mass is 15.1. The van der Waals surface area contributed by atoms with Crippen molar-refractivity contribution < 1.29 is 0 Å². The molecule has 2 heteroatoms. The molecule has 0 aliphatic rings. The van der Waals surface area contributed by atoms with Gasteiger partial charge in [-0.3, -0.25) is 0 Å². The van der Waals surface area contributed by atoms with Crippen LogP contribution in [0.1, 0.15) is 33.1 Å². The number of nitrogens with zero attached hydrogens (tertiary/aromatic N) is 1. The highest BCUT2D eigenvalue weighted by molar-refractivity contribution is 4.69. The molecule has 0 rings (SSSR count). The zero-order valence-corrected chi connectivity index (χ0v) is 10.7. The van der Waals surface area contributed by atoms with Crippen LogP contribution in [-0.4, -0.2) is 31.6 Å². The van der Waals surface area contributed by atoms with Crippen LogP contribution in [0.2, 0.25) is 0 Å². The highest BCUT2D eigenvalue weighted by Crippen LogP contribution is 2.11. The minimum Gasteiger partial charge on any atom is -0.330 e. The number of rotatable bonds is 9. The Morgan fingerprint density at radius 1 is 1.40 bits per heavy atom. The summed E-state index contributed by atoms with van der Waals surface area (Å²) >= 11 is 0. The second-order valence-electron chi connectivity index (χ2n) is 4.92. The maximum atomic E-state index is 5.78. The van der Waals surface area contributed by atoms with Crippen LogP contribution in [0.25, 0.3) is 0 Å². The molecule has 0 radical (unpaired) electrons. The third kappa shape index (κ3) is 8.64. The van der Waals surface area contributed by atoms with E-state index in [0.717, 1.165) is 32.0 Å². The summed E-state index contributed by atoms with van der Waals surface area (Å²) in [4.78, 5) is 2.39. The molecule has 0 aromatic heterocycles. The molecule has 0 aliphatic heterocycles. The van der Waals surface area contributed by atoms with Gasteiger partial charge in [-0.1, -0.05) is 19.9 Å². The van der Waals surface area contributed by atoms with E-state index in [0.29, 0.717) is 5.92 Å². The number of hydrogen-bond acceptors (Lipinski definition) is 2. The van der Waals surface area contributed by atoms with E-state index in [1.54, 1.807) is 0 Å². The fraction of sp³-hybridized carbons (Fsp3) is 0.846. The van der Waals surface area contributed by atoms with Crippen LogP contribution >= 0.6 is 0 Å². The van der Waals surface area contributed by atoms with Crippen molar-refractivity contribution in [3.8, 4) is 0 Å². The predicted molar refractivity (Wildman–Crippen MR) is 68.9 cm³/mol. The smallest absolute Gasteiger partial charge is 0.00188 e. The minimum absolute atomic E-state index is 0.652. The average Bonchev–Trinajstić information content (AvgIpc) is 2.16. The van der Waals surface area contributed by atoms with Gasteiger partial charge in [-0.05, 0) is 51.2 Å². The Labute approximate surface area is 95.5 Å². The Bertz CT molecular complexity index is 155. The van der Waals surface area contributed by atoms with Crippen molar-refractivity contribution in [2.45, 2.75) is 33.1 Å². The summed E-state index contributed by atoms with van der Waals surface area (Å²) < 4.78 is 0. The molecule has 0 spiro atoms. The molecule has 1 atom stereocenters. The Morgan fingerprint density at radius 2 is 2.07 bits per heavy atom. The van der Waals surface area contributed by atoms with Crippen molar-refractivity contribution in [2.24, 2.45) is 17.6 Å². The fourth-order valence-electron chi connectivity index (χ4n) is 1.95. The van der Waals surface area contributed by atoms with Crippen LogP contribution in [0.3, 0.4) is 0 Å². The monoisotopic (exact) mass is 212 g/mol. The molecule has 0 amide bonds. The molecular weight excluding hydrogens is 184 g/mol. The normalized spacial score (nSPS) is 13.5. The van der Waals surface area contributed by atoms with Crippen LogP contribution in [0.5, 0.6) is 0 Å². The summed E-state index contributed by atoms with van der Waals surface area (Å²) in [6.45, 7) is 11.4. The number of hydrogen-bond donors (Lipinski definition) is 1. The molecule has 90 valence electrons. The van der Waals surface area contributed by atoms with Crippen LogP contribution in [0.15, 0.2) is 12.7 Å². The molecule has 0 fully saturated rings. The molecule has 1 unspecified atom stereocenters. The van der Waals surface area contributed by atoms with E-state index < -0.39 is 0 Å². The SMILES string of the molecule is C=CCCCN(C)CC(CN)CC(C)C.